The van der Waals surface area contributed by atoms with Gasteiger partial charge in [-0.25, -0.2) is 8.42 Å². The van der Waals surface area contributed by atoms with Gasteiger partial charge in [0.2, 0.25) is 5.91 Å². The lowest BCUT2D eigenvalue weighted by molar-refractivity contribution is -0.709. The minimum absolute atomic E-state index is 0.0577. The maximum Gasteiger partial charge on any atom is 0.287 e. The van der Waals surface area contributed by atoms with E-state index in [0.717, 1.165) is 31.6 Å². The number of amides is 2. The Labute approximate surface area is 160 Å². The third kappa shape index (κ3) is 4.16. The van der Waals surface area contributed by atoms with Crippen molar-refractivity contribution in [1.82, 2.24) is 4.90 Å². The fourth-order valence-corrected chi connectivity index (χ4v) is 4.78. The highest BCUT2D eigenvalue weighted by Gasteiger charge is 2.42. The second kappa shape index (κ2) is 7.98. The first-order chi connectivity index (χ1) is 12.9. The summed E-state index contributed by atoms with van der Waals surface area (Å²) in [5, 5.41) is 2.07. The molecule has 2 N–H and O–H groups in total. The third-order valence-electron chi connectivity index (χ3n) is 5.58. The standard InChI is InChI=1S/C19H27N3O4S/c1-3-22-18(23)13-17(19(22)24)20-14-9-11-21(12-10-14)15-5-7-16(8-6-15)27(25,26)4-2/h5-8,14,17,20H,3-4,9-13H2,1-2H3/p+1/t17-/m0/s1. The number of likely N-dealkylation sites (tertiary alicyclic amines) is 1. The van der Waals surface area contributed by atoms with E-state index in [1.165, 1.54) is 4.90 Å². The van der Waals surface area contributed by atoms with E-state index in [0.29, 0.717) is 23.9 Å². The molecule has 0 spiro atoms. The molecule has 2 saturated heterocycles. The Bertz CT molecular complexity index is 799. The summed E-state index contributed by atoms with van der Waals surface area (Å²) in [7, 11) is -3.17. The first-order valence-corrected chi connectivity index (χ1v) is 11.3. The number of anilines is 1. The van der Waals surface area contributed by atoms with Crippen molar-refractivity contribution in [3.05, 3.63) is 24.3 Å². The lowest BCUT2D eigenvalue weighted by Gasteiger charge is -2.33. The summed E-state index contributed by atoms with van der Waals surface area (Å²) in [5.74, 6) is -0.0215. The molecule has 2 aliphatic heterocycles. The maximum absolute atomic E-state index is 12.3. The normalized spacial score (nSPS) is 21.9. The van der Waals surface area contributed by atoms with Crippen LogP contribution in [0.15, 0.2) is 29.2 Å². The minimum atomic E-state index is -3.17. The fraction of sp³-hybridized carbons (Fsp3) is 0.579. The lowest BCUT2D eigenvalue weighted by Crippen LogP contribution is -2.97. The van der Waals surface area contributed by atoms with Crippen molar-refractivity contribution in [2.45, 2.75) is 50.1 Å². The first-order valence-electron chi connectivity index (χ1n) is 9.62. The van der Waals surface area contributed by atoms with Gasteiger partial charge in [0.1, 0.15) is 0 Å². The van der Waals surface area contributed by atoms with Gasteiger partial charge in [-0.2, -0.15) is 0 Å². The Morgan fingerprint density at radius 1 is 1.07 bits per heavy atom. The number of nitrogens with two attached hydrogens (primary N) is 1. The van der Waals surface area contributed by atoms with Crippen molar-refractivity contribution in [2.75, 3.05) is 30.3 Å². The number of hydrogen-bond acceptors (Lipinski definition) is 5. The van der Waals surface area contributed by atoms with Crippen LogP contribution in [0.25, 0.3) is 0 Å². The summed E-state index contributed by atoms with van der Waals surface area (Å²) < 4.78 is 23.8. The van der Waals surface area contributed by atoms with Gasteiger partial charge in [0.05, 0.1) is 23.1 Å². The predicted molar refractivity (Wildman–Crippen MR) is 102 cm³/mol. The van der Waals surface area contributed by atoms with Crippen molar-refractivity contribution in [2.24, 2.45) is 0 Å². The van der Waals surface area contributed by atoms with Crippen LogP contribution in [0.1, 0.15) is 33.1 Å². The van der Waals surface area contributed by atoms with Crippen LogP contribution in [0.3, 0.4) is 0 Å². The summed E-state index contributed by atoms with van der Waals surface area (Å²) >= 11 is 0. The summed E-state index contributed by atoms with van der Waals surface area (Å²) in [6, 6.07) is 7.14. The number of piperidine rings is 1. The fourth-order valence-electron chi connectivity index (χ4n) is 3.90. The van der Waals surface area contributed by atoms with Crippen molar-refractivity contribution < 1.29 is 23.3 Å². The molecule has 2 aliphatic rings. The molecule has 148 valence electrons. The number of hydrogen-bond donors (Lipinski definition) is 1. The van der Waals surface area contributed by atoms with Gasteiger partial charge in [0.15, 0.2) is 15.9 Å². The van der Waals surface area contributed by atoms with Crippen molar-refractivity contribution in [3.63, 3.8) is 0 Å². The zero-order valence-corrected chi connectivity index (χ0v) is 16.7. The molecule has 8 heteroatoms. The van der Waals surface area contributed by atoms with Gasteiger partial charge >= 0.3 is 0 Å². The van der Waals surface area contributed by atoms with Crippen molar-refractivity contribution in [3.8, 4) is 0 Å². The number of benzene rings is 1. The molecule has 1 aromatic carbocycles. The second-order valence-corrected chi connectivity index (χ2v) is 9.48. The van der Waals surface area contributed by atoms with Crippen LogP contribution in [0.2, 0.25) is 0 Å². The zero-order chi connectivity index (χ0) is 19.6. The summed E-state index contributed by atoms with van der Waals surface area (Å²) in [6.07, 6.45) is 2.17. The van der Waals surface area contributed by atoms with Gasteiger partial charge in [-0.1, -0.05) is 6.92 Å². The molecule has 0 radical (unpaired) electrons. The molecule has 2 heterocycles. The van der Waals surface area contributed by atoms with Crippen LogP contribution in [0, 0.1) is 0 Å². The smallest absolute Gasteiger partial charge is 0.287 e. The zero-order valence-electron chi connectivity index (χ0n) is 15.9. The van der Waals surface area contributed by atoms with Gasteiger partial charge in [-0.05, 0) is 31.2 Å². The van der Waals surface area contributed by atoms with Crippen molar-refractivity contribution in [1.29, 1.82) is 0 Å². The molecular weight excluding hydrogens is 366 g/mol. The van der Waals surface area contributed by atoms with Gasteiger partial charge in [0.25, 0.3) is 5.91 Å². The monoisotopic (exact) mass is 394 g/mol. The van der Waals surface area contributed by atoms with E-state index in [1.54, 1.807) is 19.1 Å². The minimum Gasteiger partial charge on any atom is -0.371 e. The molecule has 7 nitrogen and oxygen atoms in total. The van der Waals surface area contributed by atoms with Crippen molar-refractivity contribution >= 4 is 27.3 Å². The third-order valence-corrected chi connectivity index (χ3v) is 7.33. The molecule has 3 rings (SSSR count). The molecule has 1 atom stereocenters. The maximum atomic E-state index is 12.3. The largest absolute Gasteiger partial charge is 0.371 e. The number of nitrogens with zero attached hydrogens (tertiary/aromatic N) is 2. The molecule has 27 heavy (non-hydrogen) atoms. The Hall–Kier alpha value is -1.93. The van der Waals surface area contributed by atoms with E-state index < -0.39 is 9.84 Å². The molecule has 0 aromatic heterocycles. The topological polar surface area (TPSA) is 91.4 Å². The average molecular weight is 395 g/mol. The van der Waals surface area contributed by atoms with E-state index in [1.807, 2.05) is 19.1 Å². The Kier molecular flexibility index (Phi) is 5.86. The van der Waals surface area contributed by atoms with Crippen LogP contribution >= 0.6 is 0 Å². The Balaban J connectivity index is 1.55. The average Bonchev–Trinajstić information content (AvgIpc) is 2.95. The van der Waals surface area contributed by atoms with E-state index in [-0.39, 0.29) is 23.6 Å². The molecule has 0 bridgehead atoms. The van der Waals surface area contributed by atoms with E-state index in [2.05, 4.69) is 10.2 Å². The van der Waals surface area contributed by atoms with E-state index in [9.17, 15) is 18.0 Å². The van der Waals surface area contributed by atoms with Crippen LogP contribution < -0.4 is 10.2 Å². The number of likely N-dealkylation sites (N-methyl/N-ethyl adjacent to an activating group) is 1. The molecule has 0 aliphatic carbocycles. The van der Waals surface area contributed by atoms with Crippen LogP contribution in [-0.2, 0) is 19.4 Å². The van der Waals surface area contributed by atoms with Gasteiger partial charge < -0.3 is 10.2 Å². The van der Waals surface area contributed by atoms with E-state index in [4.69, 9.17) is 0 Å². The molecular formula is C19H28N3O4S+. The van der Waals surface area contributed by atoms with E-state index >= 15 is 0 Å². The second-order valence-electron chi connectivity index (χ2n) is 7.20. The highest BCUT2D eigenvalue weighted by Crippen LogP contribution is 2.22. The number of sulfone groups is 1. The van der Waals surface area contributed by atoms with Crippen LogP contribution in [-0.4, -0.2) is 62.6 Å². The quantitative estimate of drug-likeness (QED) is 0.694. The number of carbonyl (C=O) groups is 2. The highest BCUT2D eigenvalue weighted by molar-refractivity contribution is 7.91. The molecule has 0 unspecified atom stereocenters. The number of imide groups is 1. The van der Waals surface area contributed by atoms with Crippen LogP contribution in [0.4, 0.5) is 5.69 Å². The molecule has 2 amide bonds. The number of carbonyl (C=O) groups excluding carboxylic acids is 2. The molecule has 0 saturated carbocycles. The Morgan fingerprint density at radius 3 is 2.22 bits per heavy atom. The predicted octanol–water partition coefficient (Wildman–Crippen LogP) is 0.160. The number of quaternary nitrogens is 1. The van der Waals surface area contributed by atoms with Gasteiger partial charge in [0, 0.05) is 38.2 Å². The summed E-state index contributed by atoms with van der Waals surface area (Å²) in [6.45, 7) is 5.63. The SMILES string of the molecule is CCN1C(=O)C[C@H]([NH2+]C2CCN(c3ccc(S(=O)(=O)CC)cc3)CC2)C1=O. The molecule has 2 fully saturated rings. The van der Waals surface area contributed by atoms with Gasteiger partial charge in [-0.3, -0.25) is 14.5 Å². The van der Waals surface area contributed by atoms with Gasteiger partial charge in [-0.15, -0.1) is 0 Å². The highest BCUT2D eigenvalue weighted by atomic mass is 32.2. The number of rotatable bonds is 6. The lowest BCUT2D eigenvalue weighted by atomic mass is 10.0. The summed E-state index contributed by atoms with van der Waals surface area (Å²) in [5.41, 5.74) is 1.02. The first kappa shape index (κ1) is 19.8. The van der Waals surface area contributed by atoms with Crippen LogP contribution in [0.5, 0.6) is 0 Å². The Morgan fingerprint density at radius 2 is 1.70 bits per heavy atom. The summed E-state index contributed by atoms with van der Waals surface area (Å²) in [4.78, 5) is 28.1. The molecule has 1 aromatic rings.